The molecule has 0 aliphatic carbocycles. The average Bonchev–Trinajstić information content (AvgIpc) is 2.81. The zero-order chi connectivity index (χ0) is 22.4. The summed E-state index contributed by atoms with van der Waals surface area (Å²) in [6.07, 6.45) is 1.71. The summed E-state index contributed by atoms with van der Waals surface area (Å²) in [4.78, 5) is 25.6. The van der Waals surface area contributed by atoms with Crippen molar-refractivity contribution in [2.24, 2.45) is 5.10 Å². The van der Waals surface area contributed by atoms with E-state index in [1.54, 1.807) is 57.5 Å². The predicted octanol–water partition coefficient (Wildman–Crippen LogP) is 3.37. The monoisotopic (exact) mass is 422 g/mol. The molecule has 0 unspecified atom stereocenters. The van der Waals surface area contributed by atoms with Gasteiger partial charge in [0.1, 0.15) is 0 Å². The molecule has 0 bridgehead atoms. The number of rotatable bonds is 8. The van der Waals surface area contributed by atoms with Crippen LogP contribution >= 0.6 is 0 Å². The first kappa shape index (κ1) is 22.0. The molecule has 3 aromatic rings. The highest BCUT2D eigenvalue weighted by Crippen LogP contribution is 2.27. The van der Waals surface area contributed by atoms with E-state index in [9.17, 15) is 9.59 Å². The van der Waals surface area contributed by atoms with Gasteiger partial charge in [-0.05, 0) is 37.6 Å². The molecule has 8 nitrogen and oxygen atoms in total. The molecule has 0 fully saturated rings. The third-order valence-corrected chi connectivity index (χ3v) is 4.93. The van der Waals surface area contributed by atoms with Gasteiger partial charge in [-0.2, -0.15) is 10.2 Å². The molecule has 1 amide bonds. The van der Waals surface area contributed by atoms with Crippen molar-refractivity contribution >= 4 is 22.4 Å². The summed E-state index contributed by atoms with van der Waals surface area (Å²) in [5.41, 5.74) is 3.87. The SMILES string of the molecule is CCCCn1nc(C(=O)N/N=C(/C)c2ccc(OC)c(OC)c2)c2ccccc2c1=O. The zero-order valence-corrected chi connectivity index (χ0v) is 18.1. The number of hydrazone groups is 1. The summed E-state index contributed by atoms with van der Waals surface area (Å²) in [5, 5.41) is 9.50. The smallest absolute Gasteiger partial charge is 0.292 e. The standard InChI is InChI=1S/C23H26N4O4/c1-5-6-13-27-23(29)18-10-8-7-9-17(18)21(26-27)22(28)25-24-15(2)16-11-12-19(30-3)20(14-16)31-4/h7-12,14H,5-6,13H2,1-4H3,(H,25,28)/b24-15-. The first-order chi connectivity index (χ1) is 15.0. The lowest BCUT2D eigenvalue weighted by atomic mass is 10.1. The Morgan fingerprint density at radius 1 is 1.10 bits per heavy atom. The molecule has 1 aromatic heterocycles. The van der Waals surface area contributed by atoms with E-state index in [-0.39, 0.29) is 11.3 Å². The van der Waals surface area contributed by atoms with Gasteiger partial charge in [0.25, 0.3) is 11.5 Å². The number of carbonyl (C=O) groups excluding carboxylic acids is 1. The van der Waals surface area contributed by atoms with Crippen LogP contribution in [-0.4, -0.2) is 35.6 Å². The lowest BCUT2D eigenvalue weighted by Crippen LogP contribution is -2.29. The zero-order valence-electron chi connectivity index (χ0n) is 18.1. The van der Waals surface area contributed by atoms with Crippen LogP contribution < -0.4 is 20.5 Å². The molecule has 0 atom stereocenters. The fourth-order valence-corrected chi connectivity index (χ4v) is 3.18. The number of carbonyl (C=O) groups is 1. The van der Waals surface area contributed by atoms with Crippen molar-refractivity contribution in [3.05, 3.63) is 64.1 Å². The number of ether oxygens (including phenoxy) is 2. The Labute approximate surface area is 180 Å². The summed E-state index contributed by atoms with van der Waals surface area (Å²) < 4.78 is 11.9. The first-order valence-electron chi connectivity index (χ1n) is 10.1. The van der Waals surface area contributed by atoms with Crippen LogP contribution in [-0.2, 0) is 6.54 Å². The number of nitrogens with one attached hydrogen (secondary N) is 1. The molecule has 0 saturated carbocycles. The summed E-state index contributed by atoms with van der Waals surface area (Å²) in [6, 6.07) is 12.3. The second-order valence-electron chi connectivity index (χ2n) is 6.98. The molecule has 3 rings (SSSR count). The van der Waals surface area contributed by atoms with Crippen LogP contribution in [0, 0.1) is 0 Å². The van der Waals surface area contributed by atoms with Gasteiger partial charge in [0.2, 0.25) is 0 Å². The Kier molecular flexibility index (Phi) is 7.02. The maximum absolute atomic E-state index is 12.9. The van der Waals surface area contributed by atoms with Crippen molar-refractivity contribution in [3.63, 3.8) is 0 Å². The molecule has 162 valence electrons. The van der Waals surface area contributed by atoms with E-state index in [4.69, 9.17) is 9.47 Å². The first-order valence-corrected chi connectivity index (χ1v) is 10.1. The number of benzene rings is 2. The molecular formula is C23H26N4O4. The van der Waals surface area contributed by atoms with Gasteiger partial charge >= 0.3 is 0 Å². The van der Waals surface area contributed by atoms with E-state index in [0.29, 0.717) is 34.5 Å². The number of hydrogen-bond donors (Lipinski definition) is 1. The highest BCUT2D eigenvalue weighted by Gasteiger charge is 2.16. The molecular weight excluding hydrogens is 396 g/mol. The Morgan fingerprint density at radius 3 is 2.48 bits per heavy atom. The highest BCUT2D eigenvalue weighted by molar-refractivity contribution is 6.06. The van der Waals surface area contributed by atoms with Crippen molar-refractivity contribution in [1.82, 2.24) is 15.2 Å². The highest BCUT2D eigenvalue weighted by atomic mass is 16.5. The van der Waals surface area contributed by atoms with Crippen molar-refractivity contribution in [1.29, 1.82) is 0 Å². The van der Waals surface area contributed by atoms with Crippen molar-refractivity contribution in [2.75, 3.05) is 14.2 Å². The topological polar surface area (TPSA) is 94.8 Å². The molecule has 0 aliphatic heterocycles. The molecule has 8 heteroatoms. The van der Waals surface area contributed by atoms with Crippen LogP contribution in [0.25, 0.3) is 10.8 Å². The molecule has 0 saturated heterocycles. The third-order valence-electron chi connectivity index (χ3n) is 4.93. The van der Waals surface area contributed by atoms with Gasteiger partial charge in [-0.15, -0.1) is 0 Å². The molecule has 31 heavy (non-hydrogen) atoms. The number of nitrogens with zero attached hydrogens (tertiary/aromatic N) is 3. The van der Waals surface area contributed by atoms with Crippen LogP contribution in [0.4, 0.5) is 0 Å². The van der Waals surface area contributed by atoms with Crippen LogP contribution in [0.15, 0.2) is 52.4 Å². The summed E-state index contributed by atoms with van der Waals surface area (Å²) in [6.45, 7) is 4.26. The minimum absolute atomic E-state index is 0.162. The second-order valence-corrected chi connectivity index (χ2v) is 6.98. The maximum atomic E-state index is 12.9. The quantitative estimate of drug-likeness (QED) is 0.444. The molecule has 0 aliphatic rings. The number of aromatic nitrogens is 2. The van der Waals surface area contributed by atoms with E-state index in [1.807, 2.05) is 13.0 Å². The molecule has 1 N–H and O–H groups in total. The van der Waals surface area contributed by atoms with Gasteiger partial charge in [0.05, 0.1) is 25.3 Å². The minimum Gasteiger partial charge on any atom is -0.493 e. The van der Waals surface area contributed by atoms with Gasteiger partial charge < -0.3 is 9.47 Å². The van der Waals surface area contributed by atoms with E-state index in [1.165, 1.54) is 4.68 Å². The number of unbranched alkanes of at least 4 members (excludes halogenated alkanes) is 1. The van der Waals surface area contributed by atoms with Crippen LogP contribution in [0.2, 0.25) is 0 Å². The van der Waals surface area contributed by atoms with Crippen molar-refractivity contribution in [2.45, 2.75) is 33.2 Å². The van der Waals surface area contributed by atoms with Gasteiger partial charge in [-0.25, -0.2) is 10.1 Å². The van der Waals surface area contributed by atoms with Crippen molar-refractivity contribution in [3.8, 4) is 11.5 Å². The predicted molar refractivity (Wildman–Crippen MR) is 120 cm³/mol. The second kappa shape index (κ2) is 9.88. The van der Waals surface area contributed by atoms with Crippen LogP contribution in [0.3, 0.4) is 0 Å². The maximum Gasteiger partial charge on any atom is 0.292 e. The summed E-state index contributed by atoms with van der Waals surface area (Å²) >= 11 is 0. The third kappa shape index (κ3) is 4.74. The van der Waals surface area contributed by atoms with Crippen LogP contribution in [0.5, 0.6) is 11.5 Å². The fourth-order valence-electron chi connectivity index (χ4n) is 3.18. The molecule has 2 aromatic carbocycles. The molecule has 0 radical (unpaired) electrons. The van der Waals surface area contributed by atoms with E-state index < -0.39 is 5.91 Å². The molecule has 0 spiro atoms. The number of amides is 1. The number of aryl methyl sites for hydroxylation is 1. The van der Waals surface area contributed by atoms with Gasteiger partial charge in [0.15, 0.2) is 17.2 Å². The van der Waals surface area contributed by atoms with Crippen LogP contribution in [0.1, 0.15) is 42.7 Å². The fraction of sp³-hybridized carbons (Fsp3) is 0.304. The summed E-state index contributed by atoms with van der Waals surface area (Å²) in [5.74, 6) is 0.686. The van der Waals surface area contributed by atoms with E-state index in [2.05, 4.69) is 15.6 Å². The molecule has 1 heterocycles. The van der Waals surface area contributed by atoms with Gasteiger partial charge in [-0.1, -0.05) is 31.5 Å². The Balaban J connectivity index is 1.92. The summed E-state index contributed by atoms with van der Waals surface area (Å²) in [7, 11) is 3.12. The minimum atomic E-state index is -0.485. The lowest BCUT2D eigenvalue weighted by Gasteiger charge is -2.11. The van der Waals surface area contributed by atoms with Crippen molar-refractivity contribution < 1.29 is 14.3 Å². The number of hydrogen-bond acceptors (Lipinski definition) is 6. The Morgan fingerprint density at radius 2 is 1.81 bits per heavy atom. The largest absolute Gasteiger partial charge is 0.493 e. The number of fused-ring (bicyclic) bond motifs is 1. The average molecular weight is 422 g/mol. The Bertz CT molecular complexity index is 1180. The number of methoxy groups -OCH3 is 2. The van der Waals surface area contributed by atoms with E-state index in [0.717, 1.165) is 18.4 Å². The normalized spacial score (nSPS) is 11.4. The van der Waals surface area contributed by atoms with Gasteiger partial charge in [0, 0.05) is 17.5 Å². The van der Waals surface area contributed by atoms with E-state index >= 15 is 0 Å². The van der Waals surface area contributed by atoms with Gasteiger partial charge in [-0.3, -0.25) is 9.59 Å². The Hall–Kier alpha value is -3.68. The lowest BCUT2D eigenvalue weighted by molar-refractivity contribution is 0.0949.